The third-order valence-electron chi connectivity index (χ3n) is 5.04. The first-order chi connectivity index (χ1) is 8.74. The van der Waals surface area contributed by atoms with Crippen molar-refractivity contribution < 1.29 is 0 Å². The molecule has 3 aliphatic rings. The fourth-order valence-corrected chi connectivity index (χ4v) is 3.59. The van der Waals surface area contributed by atoms with E-state index < -0.39 is 0 Å². The Kier molecular flexibility index (Phi) is 3.92. The molecule has 2 saturated heterocycles. The molecule has 3 heteroatoms. The van der Waals surface area contributed by atoms with E-state index in [2.05, 4.69) is 29.0 Å². The van der Waals surface area contributed by atoms with Crippen LogP contribution in [0.5, 0.6) is 0 Å². The number of nitrogens with zero attached hydrogens (tertiary/aromatic N) is 2. The van der Waals surface area contributed by atoms with E-state index in [4.69, 9.17) is 0 Å². The van der Waals surface area contributed by atoms with Crippen molar-refractivity contribution in [1.82, 2.24) is 15.1 Å². The van der Waals surface area contributed by atoms with Crippen molar-refractivity contribution >= 4 is 0 Å². The Bertz CT molecular complexity index is 275. The van der Waals surface area contributed by atoms with E-state index in [1.165, 1.54) is 58.4 Å². The third-order valence-corrected chi connectivity index (χ3v) is 5.04. The molecule has 3 nitrogen and oxygen atoms in total. The van der Waals surface area contributed by atoms with Gasteiger partial charge in [-0.1, -0.05) is 13.8 Å². The van der Waals surface area contributed by atoms with Crippen LogP contribution in [-0.2, 0) is 0 Å². The predicted octanol–water partition coefficient (Wildman–Crippen LogP) is 1.54. The first-order valence-corrected chi connectivity index (χ1v) is 7.95. The van der Waals surface area contributed by atoms with Crippen LogP contribution in [0.15, 0.2) is 0 Å². The topological polar surface area (TPSA) is 18.5 Å². The first-order valence-electron chi connectivity index (χ1n) is 7.95. The van der Waals surface area contributed by atoms with Gasteiger partial charge in [-0.15, -0.1) is 0 Å². The van der Waals surface area contributed by atoms with E-state index in [0.29, 0.717) is 6.04 Å². The second-order valence-corrected chi connectivity index (χ2v) is 6.82. The zero-order valence-electron chi connectivity index (χ0n) is 12.1. The molecule has 104 valence electrons. The average Bonchev–Trinajstić information content (AvgIpc) is 3.13. The molecule has 3 fully saturated rings. The second kappa shape index (κ2) is 5.48. The predicted molar refractivity (Wildman–Crippen MR) is 75.8 cm³/mol. The van der Waals surface area contributed by atoms with Crippen LogP contribution >= 0.6 is 0 Å². The van der Waals surface area contributed by atoms with Crippen LogP contribution in [0.25, 0.3) is 0 Å². The number of likely N-dealkylation sites (tertiary alicyclic amines) is 1. The van der Waals surface area contributed by atoms with Gasteiger partial charge >= 0.3 is 0 Å². The van der Waals surface area contributed by atoms with Crippen molar-refractivity contribution in [3.05, 3.63) is 0 Å². The van der Waals surface area contributed by atoms with Crippen LogP contribution in [-0.4, -0.2) is 60.6 Å². The zero-order valence-corrected chi connectivity index (χ0v) is 12.1. The minimum absolute atomic E-state index is 0.697. The highest BCUT2D eigenvalue weighted by atomic mass is 15.3. The van der Waals surface area contributed by atoms with Gasteiger partial charge in [0.2, 0.25) is 0 Å². The van der Waals surface area contributed by atoms with Crippen molar-refractivity contribution in [2.75, 3.05) is 32.7 Å². The van der Waals surface area contributed by atoms with Gasteiger partial charge in [0.15, 0.2) is 0 Å². The van der Waals surface area contributed by atoms with Gasteiger partial charge in [-0.25, -0.2) is 0 Å². The quantitative estimate of drug-likeness (QED) is 0.821. The summed E-state index contributed by atoms with van der Waals surface area (Å²) in [4.78, 5) is 5.53. The standard InChI is InChI=1S/C15H29N3/c1-12(2)15-11-17(8-3-7-16-15)14-6-9-18(10-14)13-4-5-13/h12-16H,3-11H2,1-2H3. The van der Waals surface area contributed by atoms with Crippen LogP contribution in [0.4, 0.5) is 0 Å². The molecule has 0 aromatic heterocycles. The summed E-state index contributed by atoms with van der Waals surface area (Å²) < 4.78 is 0. The van der Waals surface area contributed by atoms with Crippen LogP contribution in [0, 0.1) is 5.92 Å². The summed E-state index contributed by atoms with van der Waals surface area (Å²) in [5, 5.41) is 3.73. The number of hydrogen-bond donors (Lipinski definition) is 1. The Labute approximate surface area is 112 Å². The van der Waals surface area contributed by atoms with Gasteiger partial charge < -0.3 is 5.32 Å². The number of rotatable bonds is 3. The third kappa shape index (κ3) is 2.89. The normalized spacial score (nSPS) is 36.2. The fourth-order valence-electron chi connectivity index (χ4n) is 3.59. The summed E-state index contributed by atoms with van der Waals surface area (Å²) in [5.41, 5.74) is 0. The van der Waals surface area contributed by atoms with E-state index in [1.54, 1.807) is 0 Å². The number of hydrogen-bond acceptors (Lipinski definition) is 3. The number of nitrogens with one attached hydrogen (secondary N) is 1. The Morgan fingerprint density at radius 1 is 0.944 bits per heavy atom. The molecule has 2 unspecified atom stereocenters. The molecule has 1 aliphatic carbocycles. The molecule has 18 heavy (non-hydrogen) atoms. The van der Waals surface area contributed by atoms with Gasteiger partial charge in [-0.05, 0) is 44.7 Å². The van der Waals surface area contributed by atoms with Crippen LogP contribution in [0.1, 0.15) is 39.5 Å². The molecule has 1 saturated carbocycles. The maximum atomic E-state index is 3.73. The molecule has 0 bridgehead atoms. The van der Waals surface area contributed by atoms with Crippen molar-refractivity contribution in [1.29, 1.82) is 0 Å². The smallest absolute Gasteiger partial charge is 0.0236 e. The van der Waals surface area contributed by atoms with E-state index >= 15 is 0 Å². The molecule has 1 N–H and O–H groups in total. The largest absolute Gasteiger partial charge is 0.312 e. The molecule has 0 aromatic rings. The van der Waals surface area contributed by atoms with Crippen molar-refractivity contribution in [3.8, 4) is 0 Å². The second-order valence-electron chi connectivity index (χ2n) is 6.82. The fraction of sp³-hybridized carbons (Fsp3) is 1.00. The lowest BCUT2D eigenvalue weighted by molar-refractivity contribution is 0.177. The Hall–Kier alpha value is -0.120. The zero-order chi connectivity index (χ0) is 12.5. The van der Waals surface area contributed by atoms with Crippen LogP contribution in [0.2, 0.25) is 0 Å². The molecule has 0 amide bonds. The molecule has 0 radical (unpaired) electrons. The Morgan fingerprint density at radius 2 is 1.72 bits per heavy atom. The van der Waals surface area contributed by atoms with Crippen LogP contribution < -0.4 is 5.32 Å². The van der Waals surface area contributed by atoms with Crippen molar-refractivity contribution in [3.63, 3.8) is 0 Å². The van der Waals surface area contributed by atoms with E-state index in [9.17, 15) is 0 Å². The molecule has 0 spiro atoms. The summed E-state index contributed by atoms with van der Waals surface area (Å²) in [6.45, 7) is 11.2. The molecule has 2 heterocycles. The molecule has 0 aromatic carbocycles. The van der Waals surface area contributed by atoms with Crippen molar-refractivity contribution in [2.45, 2.75) is 57.7 Å². The van der Waals surface area contributed by atoms with Gasteiger partial charge in [-0.3, -0.25) is 9.80 Å². The molecule has 2 aliphatic heterocycles. The summed E-state index contributed by atoms with van der Waals surface area (Å²) in [6, 6.07) is 2.50. The Balaban J connectivity index is 1.56. The van der Waals surface area contributed by atoms with E-state index in [0.717, 1.165) is 18.0 Å². The maximum Gasteiger partial charge on any atom is 0.0236 e. The molecular formula is C15H29N3. The highest BCUT2D eigenvalue weighted by molar-refractivity contribution is 4.94. The van der Waals surface area contributed by atoms with Gasteiger partial charge in [0.1, 0.15) is 0 Å². The average molecular weight is 251 g/mol. The minimum atomic E-state index is 0.697. The molecular weight excluding hydrogens is 222 g/mol. The van der Waals surface area contributed by atoms with Gasteiger partial charge in [0.05, 0.1) is 0 Å². The summed E-state index contributed by atoms with van der Waals surface area (Å²) in [5.74, 6) is 0.756. The SMILES string of the molecule is CC(C)C1CN(C2CCN(C3CC3)C2)CCCN1. The van der Waals surface area contributed by atoms with Crippen LogP contribution in [0.3, 0.4) is 0 Å². The maximum absolute atomic E-state index is 3.73. The summed E-state index contributed by atoms with van der Waals surface area (Å²) >= 11 is 0. The minimum Gasteiger partial charge on any atom is -0.312 e. The lowest BCUT2D eigenvalue weighted by Gasteiger charge is -2.31. The van der Waals surface area contributed by atoms with Gasteiger partial charge in [-0.2, -0.15) is 0 Å². The lowest BCUT2D eigenvalue weighted by Crippen LogP contribution is -2.46. The summed E-state index contributed by atoms with van der Waals surface area (Å²) in [6.07, 6.45) is 5.65. The highest BCUT2D eigenvalue weighted by Crippen LogP contribution is 2.31. The lowest BCUT2D eigenvalue weighted by atomic mass is 10.0. The first kappa shape index (κ1) is 12.9. The van der Waals surface area contributed by atoms with E-state index in [1.807, 2.05) is 0 Å². The summed E-state index contributed by atoms with van der Waals surface area (Å²) in [7, 11) is 0. The van der Waals surface area contributed by atoms with Crippen molar-refractivity contribution in [2.24, 2.45) is 5.92 Å². The monoisotopic (exact) mass is 251 g/mol. The van der Waals surface area contributed by atoms with E-state index in [-0.39, 0.29) is 0 Å². The highest BCUT2D eigenvalue weighted by Gasteiger charge is 2.37. The van der Waals surface area contributed by atoms with Gasteiger partial charge in [0, 0.05) is 37.8 Å². The van der Waals surface area contributed by atoms with Gasteiger partial charge in [0.25, 0.3) is 0 Å². The molecule has 3 rings (SSSR count). The Morgan fingerprint density at radius 3 is 2.44 bits per heavy atom. The molecule has 2 atom stereocenters.